The number of amides is 1. The number of carbonyl (C=O) groups excluding carboxylic acids is 1. The van der Waals surface area contributed by atoms with E-state index in [9.17, 15) is 13.6 Å². The van der Waals surface area contributed by atoms with Gasteiger partial charge in [0, 0.05) is 19.8 Å². The summed E-state index contributed by atoms with van der Waals surface area (Å²) >= 11 is 5.52. The number of hydrogen-bond acceptors (Lipinski definition) is 3. The minimum atomic E-state index is -1.07. The van der Waals surface area contributed by atoms with Crippen LogP contribution in [0.25, 0.3) is 0 Å². The molecule has 1 atom stereocenters. The summed E-state index contributed by atoms with van der Waals surface area (Å²) in [6, 6.07) is 9.70. The van der Waals surface area contributed by atoms with Crippen molar-refractivity contribution in [3.63, 3.8) is 0 Å². The molecule has 8 heteroatoms. The van der Waals surface area contributed by atoms with Crippen LogP contribution < -0.4 is 15.0 Å². The lowest BCUT2D eigenvalue weighted by Crippen LogP contribution is -2.49. The van der Waals surface area contributed by atoms with Gasteiger partial charge in [-0.1, -0.05) is 18.2 Å². The van der Waals surface area contributed by atoms with E-state index in [0.717, 1.165) is 12.1 Å². The number of anilines is 1. The van der Waals surface area contributed by atoms with Gasteiger partial charge in [0.2, 0.25) is 0 Å². The molecule has 0 fully saturated rings. The van der Waals surface area contributed by atoms with E-state index in [2.05, 4.69) is 5.32 Å². The van der Waals surface area contributed by atoms with E-state index in [1.54, 1.807) is 38.1 Å². The van der Waals surface area contributed by atoms with Gasteiger partial charge in [-0.25, -0.2) is 8.78 Å². The lowest BCUT2D eigenvalue weighted by molar-refractivity contribution is -0.125. The van der Waals surface area contributed by atoms with Gasteiger partial charge in [0.05, 0.1) is 30.0 Å². The highest BCUT2D eigenvalue weighted by molar-refractivity contribution is 7.80. The summed E-state index contributed by atoms with van der Waals surface area (Å²) in [5.41, 5.74) is 1.02. The molecule has 2 aromatic carbocycles. The van der Waals surface area contributed by atoms with Gasteiger partial charge >= 0.3 is 0 Å². The van der Waals surface area contributed by atoms with Crippen LogP contribution >= 0.6 is 12.2 Å². The van der Waals surface area contributed by atoms with E-state index in [0.29, 0.717) is 17.1 Å². The number of likely N-dealkylation sites (N-methyl/N-ethyl adjacent to an activating group) is 1. The molecule has 3 rings (SSSR count). The quantitative estimate of drug-likeness (QED) is 0.768. The SMILES string of the molecule is COc1ccccc1N1C(=S)N[C@H](c2c(F)cccc2F)C(C(=O)N(C)C)=C1C. The van der Waals surface area contributed by atoms with Crippen molar-refractivity contribution in [3.05, 3.63) is 70.9 Å². The third-order valence-corrected chi connectivity index (χ3v) is 5.04. The fraction of sp³-hybridized carbons (Fsp3) is 0.238. The largest absolute Gasteiger partial charge is 0.495 e. The van der Waals surface area contributed by atoms with Crippen molar-refractivity contribution in [2.24, 2.45) is 0 Å². The molecule has 1 amide bonds. The number of allylic oxidation sites excluding steroid dienone is 1. The molecule has 0 saturated heterocycles. The number of thiocarbonyl (C=S) groups is 1. The average Bonchev–Trinajstić information content (AvgIpc) is 2.67. The molecule has 0 saturated carbocycles. The Balaban J connectivity index is 2.26. The molecule has 0 aliphatic carbocycles. The first kappa shape index (κ1) is 20.7. The van der Waals surface area contributed by atoms with Crippen molar-refractivity contribution >= 4 is 28.9 Å². The zero-order valence-electron chi connectivity index (χ0n) is 16.5. The molecular weight excluding hydrogens is 396 g/mol. The van der Waals surface area contributed by atoms with Crippen LogP contribution in [0.5, 0.6) is 5.75 Å². The second kappa shape index (κ2) is 8.16. The molecular formula is C21H21F2N3O2S. The van der Waals surface area contributed by atoms with Crippen LogP contribution in [0.15, 0.2) is 53.7 Å². The number of nitrogens with one attached hydrogen (secondary N) is 1. The maximum atomic E-state index is 14.6. The summed E-state index contributed by atoms with van der Waals surface area (Å²) < 4.78 is 34.5. The van der Waals surface area contributed by atoms with Crippen LogP contribution in [0.4, 0.5) is 14.5 Å². The predicted molar refractivity (Wildman–Crippen MR) is 112 cm³/mol. The molecule has 0 aromatic heterocycles. The summed E-state index contributed by atoms with van der Waals surface area (Å²) in [4.78, 5) is 16.0. The summed E-state index contributed by atoms with van der Waals surface area (Å²) in [6.45, 7) is 1.70. The van der Waals surface area contributed by atoms with E-state index in [-0.39, 0.29) is 22.2 Å². The first-order valence-corrected chi connectivity index (χ1v) is 9.28. The predicted octanol–water partition coefficient (Wildman–Crippen LogP) is 3.77. The maximum absolute atomic E-state index is 14.6. The number of rotatable bonds is 4. The third-order valence-electron chi connectivity index (χ3n) is 4.74. The molecule has 1 aliphatic rings. The fourth-order valence-electron chi connectivity index (χ4n) is 3.37. The summed E-state index contributed by atoms with van der Waals surface area (Å²) in [6.07, 6.45) is 0. The van der Waals surface area contributed by atoms with E-state index in [1.807, 2.05) is 12.1 Å². The Bertz CT molecular complexity index is 987. The van der Waals surface area contributed by atoms with Crippen molar-refractivity contribution in [1.29, 1.82) is 0 Å². The number of methoxy groups -OCH3 is 1. The van der Waals surface area contributed by atoms with Crippen LogP contribution in [-0.2, 0) is 4.79 Å². The molecule has 0 unspecified atom stereocenters. The molecule has 1 aliphatic heterocycles. The normalized spacial score (nSPS) is 16.6. The second-order valence-corrected chi connectivity index (χ2v) is 7.11. The number of nitrogens with zero attached hydrogens (tertiary/aromatic N) is 2. The Hall–Kier alpha value is -3.00. The first-order valence-electron chi connectivity index (χ1n) is 8.87. The molecule has 152 valence electrons. The maximum Gasteiger partial charge on any atom is 0.253 e. The van der Waals surface area contributed by atoms with E-state index < -0.39 is 17.7 Å². The fourth-order valence-corrected chi connectivity index (χ4v) is 3.72. The standard InChI is InChI=1S/C21H21F2N3O2S/c1-12-17(20(27)25(2)3)19(18-13(22)8-7-9-14(18)23)24-21(29)26(12)15-10-5-6-11-16(15)28-4/h5-11,19H,1-4H3,(H,24,29)/t19-/m0/s1. The Morgan fingerprint density at radius 1 is 1.14 bits per heavy atom. The van der Waals surface area contributed by atoms with Crippen LogP contribution in [0, 0.1) is 11.6 Å². The van der Waals surface area contributed by atoms with E-state index in [4.69, 9.17) is 17.0 Å². The number of para-hydroxylation sites is 2. The highest BCUT2D eigenvalue weighted by atomic mass is 32.1. The van der Waals surface area contributed by atoms with Gasteiger partial charge in [-0.05, 0) is 43.4 Å². The summed E-state index contributed by atoms with van der Waals surface area (Å²) in [5.74, 6) is -1.35. The highest BCUT2D eigenvalue weighted by Gasteiger charge is 2.38. The topological polar surface area (TPSA) is 44.8 Å². The van der Waals surface area contributed by atoms with Gasteiger partial charge in [0.15, 0.2) is 5.11 Å². The molecule has 0 radical (unpaired) electrons. The van der Waals surface area contributed by atoms with Crippen molar-refractivity contribution < 1.29 is 18.3 Å². The van der Waals surface area contributed by atoms with E-state index >= 15 is 0 Å². The lowest BCUT2D eigenvalue weighted by Gasteiger charge is -2.39. The van der Waals surface area contributed by atoms with Crippen LogP contribution in [0.1, 0.15) is 18.5 Å². The monoisotopic (exact) mass is 417 g/mol. The van der Waals surface area contributed by atoms with Gasteiger partial charge in [-0.15, -0.1) is 0 Å². The Morgan fingerprint density at radius 3 is 2.34 bits per heavy atom. The van der Waals surface area contributed by atoms with Crippen molar-refractivity contribution in [3.8, 4) is 5.75 Å². The minimum Gasteiger partial charge on any atom is -0.495 e. The molecule has 1 N–H and O–H groups in total. The van der Waals surface area contributed by atoms with Gasteiger partial charge < -0.3 is 15.0 Å². The minimum absolute atomic E-state index is 0.193. The highest BCUT2D eigenvalue weighted by Crippen LogP contribution is 2.39. The van der Waals surface area contributed by atoms with Crippen molar-refractivity contribution in [2.75, 3.05) is 26.1 Å². The second-order valence-electron chi connectivity index (χ2n) is 6.72. The number of carbonyl (C=O) groups is 1. The number of benzene rings is 2. The van der Waals surface area contributed by atoms with Crippen molar-refractivity contribution in [2.45, 2.75) is 13.0 Å². The average molecular weight is 417 g/mol. The first-order chi connectivity index (χ1) is 13.8. The zero-order chi connectivity index (χ0) is 21.3. The van der Waals surface area contributed by atoms with Gasteiger partial charge in [0.1, 0.15) is 17.4 Å². The number of hydrogen-bond donors (Lipinski definition) is 1. The summed E-state index contributed by atoms with van der Waals surface area (Å²) in [7, 11) is 4.69. The molecule has 1 heterocycles. The van der Waals surface area contributed by atoms with Crippen LogP contribution in [-0.4, -0.2) is 37.1 Å². The third kappa shape index (κ3) is 3.67. The van der Waals surface area contributed by atoms with E-state index in [1.165, 1.54) is 18.1 Å². The Kier molecular flexibility index (Phi) is 5.83. The smallest absolute Gasteiger partial charge is 0.253 e. The molecule has 0 spiro atoms. The molecule has 29 heavy (non-hydrogen) atoms. The van der Waals surface area contributed by atoms with Crippen LogP contribution in [0.2, 0.25) is 0 Å². The molecule has 5 nitrogen and oxygen atoms in total. The molecule has 2 aromatic rings. The Morgan fingerprint density at radius 2 is 1.76 bits per heavy atom. The Labute approximate surface area is 173 Å². The van der Waals surface area contributed by atoms with Crippen molar-refractivity contribution in [1.82, 2.24) is 10.2 Å². The number of ether oxygens (including phenoxy) is 1. The molecule has 0 bridgehead atoms. The van der Waals surface area contributed by atoms with Crippen LogP contribution in [0.3, 0.4) is 0 Å². The van der Waals surface area contributed by atoms with Gasteiger partial charge in [-0.3, -0.25) is 9.69 Å². The summed E-state index contributed by atoms with van der Waals surface area (Å²) in [5, 5.41) is 3.15. The number of halogens is 2. The lowest BCUT2D eigenvalue weighted by atomic mass is 9.93. The van der Waals surface area contributed by atoms with Gasteiger partial charge in [0.25, 0.3) is 5.91 Å². The zero-order valence-corrected chi connectivity index (χ0v) is 17.3. The van der Waals surface area contributed by atoms with Gasteiger partial charge in [-0.2, -0.15) is 0 Å².